The molecule has 0 unspecified atom stereocenters. The van der Waals surface area contributed by atoms with Crippen molar-refractivity contribution in [2.24, 2.45) is 0 Å². The average molecular weight is 395 g/mol. The number of carbonyl (C=O) groups excluding carboxylic acids is 1. The van der Waals surface area contributed by atoms with Gasteiger partial charge in [-0.3, -0.25) is 4.31 Å². The van der Waals surface area contributed by atoms with Crippen LogP contribution in [0.1, 0.15) is 29.8 Å². The summed E-state index contributed by atoms with van der Waals surface area (Å²) in [7, 11) is -1.43. The van der Waals surface area contributed by atoms with Crippen molar-refractivity contribution in [2.75, 3.05) is 18.5 Å². The smallest absolute Gasteiger partial charge is 0.340 e. The van der Waals surface area contributed by atoms with Crippen LogP contribution in [0.3, 0.4) is 0 Å². The minimum atomic E-state index is -4.06. The van der Waals surface area contributed by atoms with Gasteiger partial charge in [0.15, 0.2) is 0 Å². The van der Waals surface area contributed by atoms with Crippen LogP contribution in [-0.2, 0) is 14.8 Å². The van der Waals surface area contributed by atoms with E-state index < -0.39 is 33.4 Å². The molecule has 0 amide bonds. The summed E-state index contributed by atoms with van der Waals surface area (Å²) < 4.78 is 51.4. The fourth-order valence-corrected chi connectivity index (χ4v) is 4.48. The predicted octanol–water partition coefficient (Wildman–Crippen LogP) is 3.53. The molecule has 0 aliphatic carbocycles. The Morgan fingerprint density at radius 1 is 1.11 bits per heavy atom. The minimum absolute atomic E-state index is 0.201. The summed E-state index contributed by atoms with van der Waals surface area (Å²) in [4.78, 5) is 11.5. The van der Waals surface area contributed by atoms with Crippen molar-refractivity contribution in [3.05, 3.63) is 53.3 Å². The van der Waals surface area contributed by atoms with E-state index in [2.05, 4.69) is 4.74 Å². The zero-order chi connectivity index (χ0) is 20.4. The molecule has 0 saturated carbocycles. The molecule has 0 heterocycles. The molecular formula is C19H22FNO5S. The third kappa shape index (κ3) is 4.05. The van der Waals surface area contributed by atoms with Gasteiger partial charge in [-0.2, -0.15) is 0 Å². The molecule has 0 N–H and O–H groups in total. The first-order valence-electron chi connectivity index (χ1n) is 8.20. The highest BCUT2D eigenvalue weighted by Crippen LogP contribution is 2.32. The average Bonchev–Trinajstić information content (AvgIpc) is 2.62. The molecule has 2 aromatic rings. The number of methoxy groups -OCH3 is 2. The standard InChI is InChI=1S/C19H22FNO5S/c1-12(2)21(18-9-6-14(25-4)10-13(18)3)27(23,24)15-7-8-17(20)16(11-15)19(22)26-5/h6-12H,1-5H3. The van der Waals surface area contributed by atoms with Crippen molar-refractivity contribution in [3.8, 4) is 5.75 Å². The Bertz CT molecular complexity index is 957. The van der Waals surface area contributed by atoms with Gasteiger partial charge in [0.05, 0.1) is 30.4 Å². The number of carbonyl (C=O) groups is 1. The summed E-state index contributed by atoms with van der Waals surface area (Å²) in [5.74, 6) is -1.19. The van der Waals surface area contributed by atoms with Crippen molar-refractivity contribution in [3.63, 3.8) is 0 Å². The maximum Gasteiger partial charge on any atom is 0.340 e. The lowest BCUT2D eigenvalue weighted by atomic mass is 10.2. The fourth-order valence-electron chi connectivity index (χ4n) is 2.73. The van der Waals surface area contributed by atoms with E-state index in [0.717, 1.165) is 25.3 Å². The van der Waals surface area contributed by atoms with Gasteiger partial charge in [-0.05, 0) is 62.7 Å². The molecular weight excluding hydrogens is 373 g/mol. The molecule has 0 spiro atoms. The molecule has 0 aliphatic heterocycles. The van der Waals surface area contributed by atoms with Gasteiger partial charge in [-0.25, -0.2) is 17.6 Å². The summed E-state index contributed by atoms with van der Waals surface area (Å²) in [5.41, 5.74) is 0.727. The van der Waals surface area contributed by atoms with Gasteiger partial charge < -0.3 is 9.47 Å². The summed E-state index contributed by atoms with van der Waals surface area (Å²) in [6.45, 7) is 5.23. The van der Waals surface area contributed by atoms with Gasteiger partial charge in [0, 0.05) is 6.04 Å². The Balaban J connectivity index is 2.62. The summed E-state index contributed by atoms with van der Waals surface area (Å²) in [6, 6.07) is 7.68. The van der Waals surface area contributed by atoms with E-state index in [1.54, 1.807) is 39.0 Å². The van der Waals surface area contributed by atoms with E-state index in [4.69, 9.17) is 4.74 Å². The quantitative estimate of drug-likeness (QED) is 0.700. The van der Waals surface area contributed by atoms with Crippen LogP contribution in [0.2, 0.25) is 0 Å². The van der Waals surface area contributed by atoms with Crippen LogP contribution in [-0.4, -0.2) is 34.6 Å². The number of sulfonamides is 1. The van der Waals surface area contributed by atoms with E-state index in [1.165, 1.54) is 11.4 Å². The summed E-state index contributed by atoms with van der Waals surface area (Å²) in [5, 5.41) is 0. The van der Waals surface area contributed by atoms with Crippen molar-refractivity contribution in [1.29, 1.82) is 0 Å². The van der Waals surface area contributed by atoms with Crippen LogP contribution in [0, 0.1) is 12.7 Å². The van der Waals surface area contributed by atoms with Crippen molar-refractivity contribution in [1.82, 2.24) is 0 Å². The van der Waals surface area contributed by atoms with Gasteiger partial charge in [-0.1, -0.05) is 0 Å². The first kappa shape index (κ1) is 20.7. The monoisotopic (exact) mass is 395 g/mol. The number of anilines is 1. The summed E-state index contributed by atoms with van der Waals surface area (Å²) in [6.07, 6.45) is 0. The second kappa shape index (κ2) is 7.96. The zero-order valence-electron chi connectivity index (χ0n) is 15.8. The molecule has 0 bridgehead atoms. The van der Waals surface area contributed by atoms with Crippen molar-refractivity contribution >= 4 is 21.7 Å². The minimum Gasteiger partial charge on any atom is -0.497 e. The number of halogens is 1. The van der Waals surface area contributed by atoms with Gasteiger partial charge in [0.25, 0.3) is 10.0 Å². The number of hydrogen-bond donors (Lipinski definition) is 0. The Kier molecular flexibility index (Phi) is 6.10. The molecule has 8 heteroatoms. The largest absolute Gasteiger partial charge is 0.497 e. The second-order valence-electron chi connectivity index (χ2n) is 6.18. The topological polar surface area (TPSA) is 72.9 Å². The first-order chi connectivity index (χ1) is 12.6. The Morgan fingerprint density at radius 3 is 2.30 bits per heavy atom. The van der Waals surface area contributed by atoms with Crippen molar-refractivity contribution < 1.29 is 27.1 Å². The molecule has 0 atom stereocenters. The van der Waals surface area contributed by atoms with E-state index >= 15 is 0 Å². The van der Waals surface area contributed by atoms with Crippen LogP contribution in [0.4, 0.5) is 10.1 Å². The highest BCUT2D eigenvalue weighted by molar-refractivity contribution is 7.92. The van der Waals surface area contributed by atoms with E-state index in [9.17, 15) is 17.6 Å². The van der Waals surface area contributed by atoms with Gasteiger partial charge in [0.1, 0.15) is 11.6 Å². The molecule has 0 aromatic heterocycles. The number of benzene rings is 2. The number of hydrogen-bond acceptors (Lipinski definition) is 5. The lowest BCUT2D eigenvalue weighted by Gasteiger charge is -2.30. The second-order valence-corrected chi connectivity index (χ2v) is 8.00. The number of nitrogens with zero attached hydrogens (tertiary/aromatic N) is 1. The van der Waals surface area contributed by atoms with Gasteiger partial charge in [-0.15, -0.1) is 0 Å². The third-order valence-electron chi connectivity index (χ3n) is 4.01. The molecule has 6 nitrogen and oxygen atoms in total. The molecule has 0 radical (unpaired) electrons. The third-order valence-corrected chi connectivity index (χ3v) is 6.00. The molecule has 2 aromatic carbocycles. The normalized spacial score (nSPS) is 11.4. The number of rotatable bonds is 6. The highest BCUT2D eigenvalue weighted by Gasteiger charge is 2.30. The van der Waals surface area contributed by atoms with Crippen LogP contribution in [0.25, 0.3) is 0 Å². The van der Waals surface area contributed by atoms with Gasteiger partial charge in [0.2, 0.25) is 0 Å². The molecule has 0 aliphatic rings. The van der Waals surface area contributed by atoms with E-state index in [-0.39, 0.29) is 4.90 Å². The summed E-state index contributed by atoms with van der Waals surface area (Å²) >= 11 is 0. The molecule has 0 saturated heterocycles. The molecule has 146 valence electrons. The Labute approximate surface area is 158 Å². The number of aryl methyl sites for hydroxylation is 1. The Hall–Kier alpha value is -2.61. The first-order valence-corrected chi connectivity index (χ1v) is 9.64. The molecule has 2 rings (SSSR count). The van der Waals surface area contributed by atoms with Crippen LogP contribution >= 0.6 is 0 Å². The maximum atomic E-state index is 13.9. The fraction of sp³-hybridized carbons (Fsp3) is 0.316. The van der Waals surface area contributed by atoms with E-state index in [0.29, 0.717) is 17.0 Å². The lowest BCUT2D eigenvalue weighted by Crippen LogP contribution is -2.37. The van der Waals surface area contributed by atoms with E-state index in [1.807, 2.05) is 0 Å². The van der Waals surface area contributed by atoms with Crippen LogP contribution in [0.15, 0.2) is 41.3 Å². The zero-order valence-corrected chi connectivity index (χ0v) is 16.6. The van der Waals surface area contributed by atoms with Crippen LogP contribution < -0.4 is 9.04 Å². The Morgan fingerprint density at radius 2 is 1.78 bits per heavy atom. The SMILES string of the molecule is COC(=O)c1cc(S(=O)(=O)N(c2ccc(OC)cc2C)C(C)C)ccc1F. The molecule has 0 fully saturated rings. The predicted molar refractivity (Wildman–Crippen MR) is 100 cm³/mol. The van der Waals surface area contributed by atoms with Crippen molar-refractivity contribution in [2.45, 2.75) is 31.7 Å². The lowest BCUT2D eigenvalue weighted by molar-refractivity contribution is 0.0595. The maximum absolute atomic E-state index is 13.9. The molecule has 27 heavy (non-hydrogen) atoms. The van der Waals surface area contributed by atoms with Gasteiger partial charge >= 0.3 is 5.97 Å². The van der Waals surface area contributed by atoms with Crippen LogP contribution in [0.5, 0.6) is 5.75 Å². The highest BCUT2D eigenvalue weighted by atomic mass is 32.2. The number of ether oxygens (including phenoxy) is 2. The number of esters is 1.